The first-order valence-electron chi connectivity index (χ1n) is 1.99. The molecule has 0 amide bonds. The molecule has 0 aliphatic carbocycles. The van der Waals surface area contributed by atoms with Gasteiger partial charge in [-0.1, -0.05) is 6.92 Å². The average molecular weight is 154 g/mol. The van der Waals surface area contributed by atoms with Crippen LogP contribution in [0, 0.1) is 0 Å². The van der Waals surface area contributed by atoms with Crippen LogP contribution in [0.2, 0.25) is 0 Å². The number of allylic oxidation sites excluding steroid dienone is 2. The van der Waals surface area contributed by atoms with Gasteiger partial charge < -0.3 is 5.11 Å². The van der Waals surface area contributed by atoms with Crippen molar-refractivity contribution in [2.24, 2.45) is 0 Å². The Hall–Kier alpha value is -0.271. The zero-order valence-corrected chi connectivity index (χ0v) is 5.95. The van der Waals surface area contributed by atoms with E-state index in [9.17, 15) is 9.90 Å². The number of ketones is 1. The largest absolute Gasteiger partial charge is 3.00 e. The molecule has 0 atom stereocenters. The third kappa shape index (κ3) is 9.21. The number of carbonyl (C=O) groups excluding carboxylic acids is 1. The maximum absolute atomic E-state index is 9.98. The van der Waals surface area contributed by atoms with Crippen LogP contribution in [0.4, 0.5) is 0 Å². The summed E-state index contributed by atoms with van der Waals surface area (Å²) in [4.78, 5) is 9.98. The van der Waals surface area contributed by atoms with Crippen molar-refractivity contribution in [2.45, 2.75) is 13.8 Å². The molecular formula is C5H7MnO2+2. The standard InChI is InChI=1S/C5H8O2.Mn/c1-4(6)3-5(2)7;/h3,6H,1-2H3;/q;+3/p-1/b4-3+;. The third-order valence-electron chi connectivity index (χ3n) is 0.407. The zero-order chi connectivity index (χ0) is 5.86. The van der Waals surface area contributed by atoms with Crippen LogP contribution in [0.5, 0.6) is 0 Å². The summed E-state index contributed by atoms with van der Waals surface area (Å²) in [5.74, 6) is -0.375. The van der Waals surface area contributed by atoms with Crippen LogP contribution in [-0.2, 0) is 21.9 Å². The van der Waals surface area contributed by atoms with Crippen molar-refractivity contribution in [3.05, 3.63) is 11.8 Å². The molecule has 0 saturated heterocycles. The predicted octanol–water partition coefficient (Wildman–Crippen LogP) is -0.163. The number of hydrogen-bond acceptors (Lipinski definition) is 2. The molecule has 0 fully saturated rings. The molecule has 0 aliphatic heterocycles. The first kappa shape index (κ1) is 10.7. The van der Waals surface area contributed by atoms with Crippen LogP contribution in [-0.4, -0.2) is 5.78 Å². The minimum Gasteiger partial charge on any atom is -0.876 e. The monoisotopic (exact) mass is 154 g/mol. The molecule has 0 N–H and O–H groups in total. The van der Waals surface area contributed by atoms with Gasteiger partial charge in [-0.05, 0) is 13.0 Å². The molecule has 3 heteroatoms. The molecular weight excluding hydrogens is 147 g/mol. The van der Waals surface area contributed by atoms with E-state index in [-0.39, 0.29) is 28.6 Å². The van der Waals surface area contributed by atoms with Crippen molar-refractivity contribution >= 4 is 5.78 Å². The summed E-state index contributed by atoms with van der Waals surface area (Å²) in [5.41, 5.74) is 0. The van der Waals surface area contributed by atoms with E-state index in [0.29, 0.717) is 0 Å². The van der Waals surface area contributed by atoms with Crippen molar-refractivity contribution in [3.63, 3.8) is 0 Å². The SMILES string of the molecule is CC(=O)/C=C(\C)[O-].[Mn+3]. The van der Waals surface area contributed by atoms with Gasteiger partial charge in [0.1, 0.15) is 0 Å². The fourth-order valence-electron chi connectivity index (χ4n) is 0.286. The van der Waals surface area contributed by atoms with E-state index < -0.39 is 0 Å². The van der Waals surface area contributed by atoms with Crippen molar-refractivity contribution in [3.8, 4) is 0 Å². The van der Waals surface area contributed by atoms with Crippen molar-refractivity contribution < 1.29 is 27.0 Å². The summed E-state index contributed by atoms with van der Waals surface area (Å²) in [5, 5.41) is 9.98. The summed E-state index contributed by atoms with van der Waals surface area (Å²) < 4.78 is 0. The average Bonchev–Trinajstić information content (AvgIpc) is 1.27. The normalized spacial score (nSPS) is 10.0. The van der Waals surface area contributed by atoms with Crippen LogP contribution in [0.3, 0.4) is 0 Å². The fourth-order valence-corrected chi connectivity index (χ4v) is 0.286. The van der Waals surface area contributed by atoms with Gasteiger partial charge in [0.15, 0.2) is 5.78 Å². The van der Waals surface area contributed by atoms with Crippen LogP contribution in [0.25, 0.3) is 0 Å². The molecule has 0 unspecified atom stereocenters. The Balaban J connectivity index is 0. The number of hydrogen-bond donors (Lipinski definition) is 0. The van der Waals surface area contributed by atoms with E-state index in [2.05, 4.69) is 0 Å². The molecule has 0 aromatic carbocycles. The van der Waals surface area contributed by atoms with Gasteiger partial charge in [0.25, 0.3) is 0 Å². The topological polar surface area (TPSA) is 40.1 Å². The summed E-state index contributed by atoms with van der Waals surface area (Å²) in [6, 6.07) is 0. The summed E-state index contributed by atoms with van der Waals surface area (Å²) >= 11 is 0. The van der Waals surface area contributed by atoms with Crippen molar-refractivity contribution in [1.82, 2.24) is 0 Å². The molecule has 0 bridgehead atoms. The molecule has 0 aromatic heterocycles. The fraction of sp³-hybridized carbons (Fsp3) is 0.400. The minimum absolute atomic E-state index is 0. The van der Waals surface area contributed by atoms with Crippen LogP contribution < -0.4 is 5.11 Å². The van der Waals surface area contributed by atoms with Gasteiger partial charge in [-0.3, -0.25) is 4.79 Å². The van der Waals surface area contributed by atoms with E-state index >= 15 is 0 Å². The second-order valence-corrected chi connectivity index (χ2v) is 1.37. The van der Waals surface area contributed by atoms with Crippen molar-refractivity contribution in [2.75, 3.05) is 0 Å². The second kappa shape index (κ2) is 4.88. The van der Waals surface area contributed by atoms with E-state index in [1.165, 1.54) is 13.8 Å². The van der Waals surface area contributed by atoms with Crippen molar-refractivity contribution in [1.29, 1.82) is 0 Å². The Morgan fingerprint density at radius 1 is 1.50 bits per heavy atom. The molecule has 8 heavy (non-hydrogen) atoms. The maximum atomic E-state index is 9.98. The molecule has 0 aromatic rings. The molecule has 0 spiro atoms. The second-order valence-electron chi connectivity index (χ2n) is 1.37. The van der Waals surface area contributed by atoms with Crippen LogP contribution >= 0.6 is 0 Å². The zero-order valence-electron chi connectivity index (χ0n) is 4.77. The summed E-state index contributed by atoms with van der Waals surface area (Å²) in [7, 11) is 0. The smallest absolute Gasteiger partial charge is 0.876 e. The quantitative estimate of drug-likeness (QED) is 0.299. The molecule has 0 rings (SSSR count). The van der Waals surface area contributed by atoms with Crippen LogP contribution in [0.1, 0.15) is 13.8 Å². The van der Waals surface area contributed by atoms with E-state index in [4.69, 9.17) is 0 Å². The van der Waals surface area contributed by atoms with E-state index in [1.807, 2.05) is 0 Å². The minimum atomic E-state index is -0.187. The number of rotatable bonds is 1. The Kier molecular flexibility index (Phi) is 6.50. The number of carbonyl (C=O) groups is 1. The maximum Gasteiger partial charge on any atom is 3.00 e. The third-order valence-corrected chi connectivity index (χ3v) is 0.407. The predicted molar refractivity (Wildman–Crippen MR) is 24.4 cm³/mol. The molecule has 0 heterocycles. The van der Waals surface area contributed by atoms with Gasteiger partial charge in [-0.2, -0.15) is 0 Å². The van der Waals surface area contributed by atoms with Gasteiger partial charge in [0.2, 0.25) is 0 Å². The first-order valence-corrected chi connectivity index (χ1v) is 1.99. The molecule has 44 valence electrons. The van der Waals surface area contributed by atoms with Gasteiger partial charge in [-0.25, -0.2) is 0 Å². The molecule has 0 radical (unpaired) electrons. The summed E-state index contributed by atoms with van der Waals surface area (Å²) in [6.45, 7) is 2.70. The first-order chi connectivity index (χ1) is 3.13. The summed E-state index contributed by atoms with van der Waals surface area (Å²) in [6.07, 6.45) is 1.06. The molecule has 2 nitrogen and oxygen atoms in total. The van der Waals surface area contributed by atoms with Gasteiger partial charge >= 0.3 is 17.1 Å². The van der Waals surface area contributed by atoms with E-state index in [1.54, 1.807) is 0 Å². The van der Waals surface area contributed by atoms with Crippen LogP contribution in [0.15, 0.2) is 11.8 Å². The Morgan fingerprint density at radius 3 is 1.88 bits per heavy atom. The van der Waals surface area contributed by atoms with E-state index in [0.717, 1.165) is 6.08 Å². The van der Waals surface area contributed by atoms with Gasteiger partial charge in [0, 0.05) is 0 Å². The molecule has 0 aliphatic rings. The van der Waals surface area contributed by atoms with Gasteiger partial charge in [0.05, 0.1) is 0 Å². The van der Waals surface area contributed by atoms with Gasteiger partial charge in [-0.15, -0.1) is 5.76 Å². The molecule has 0 saturated carbocycles. The Labute approximate surface area is 59.1 Å². The Morgan fingerprint density at radius 2 is 1.88 bits per heavy atom. The Bertz CT molecular complexity index is 103.